The van der Waals surface area contributed by atoms with E-state index in [0.29, 0.717) is 22.8 Å². The van der Waals surface area contributed by atoms with Crippen LogP contribution in [0.1, 0.15) is 45.0 Å². The molecular formula is C19H19N3O2S. The molecule has 0 aliphatic heterocycles. The van der Waals surface area contributed by atoms with Gasteiger partial charge in [0.25, 0.3) is 11.8 Å². The van der Waals surface area contributed by atoms with Crippen LogP contribution >= 0.6 is 11.3 Å². The summed E-state index contributed by atoms with van der Waals surface area (Å²) in [5.41, 5.74) is 3.82. The van der Waals surface area contributed by atoms with E-state index in [2.05, 4.69) is 22.4 Å². The number of benzene rings is 1. The van der Waals surface area contributed by atoms with Crippen molar-refractivity contribution in [2.75, 3.05) is 5.32 Å². The highest BCUT2D eigenvalue weighted by molar-refractivity contribution is 7.16. The van der Waals surface area contributed by atoms with Gasteiger partial charge in [-0.15, -0.1) is 11.3 Å². The molecule has 1 aromatic carbocycles. The lowest BCUT2D eigenvalue weighted by Crippen LogP contribution is -2.13. The summed E-state index contributed by atoms with van der Waals surface area (Å²) >= 11 is 1.71. The van der Waals surface area contributed by atoms with Crippen molar-refractivity contribution in [2.24, 2.45) is 0 Å². The maximum atomic E-state index is 12.9. The second-order valence-corrected chi connectivity index (χ2v) is 7.42. The first-order valence-electron chi connectivity index (χ1n) is 8.45. The van der Waals surface area contributed by atoms with E-state index < -0.39 is 0 Å². The Morgan fingerprint density at radius 3 is 2.76 bits per heavy atom. The second-order valence-electron chi connectivity index (χ2n) is 6.31. The average molecular weight is 353 g/mol. The smallest absolute Gasteiger partial charge is 0.258 e. The Balaban J connectivity index is 1.65. The number of amides is 1. The molecule has 1 N–H and O–H groups in total. The number of aromatic nitrogens is 2. The monoisotopic (exact) mass is 353 g/mol. The lowest BCUT2D eigenvalue weighted by molar-refractivity contribution is 0.102. The Morgan fingerprint density at radius 1 is 1.20 bits per heavy atom. The summed E-state index contributed by atoms with van der Waals surface area (Å²) in [4.78, 5) is 18.5. The van der Waals surface area contributed by atoms with Crippen LogP contribution in [-0.2, 0) is 12.8 Å². The van der Waals surface area contributed by atoms with E-state index in [1.54, 1.807) is 24.3 Å². The molecular weight excluding hydrogens is 334 g/mol. The standard InChI is InChI=1S/C19H19N3O2S/c1-11-13-7-5-6-10-16(13)25-19(11)21-17(23)14-8-3-4-9-15(14)18-20-12(2)22-24-18/h3-4,8-9H,5-7,10H2,1-2H3,(H,21,23). The minimum Gasteiger partial charge on any atom is -0.334 e. The van der Waals surface area contributed by atoms with Gasteiger partial charge in [-0.1, -0.05) is 17.3 Å². The minimum atomic E-state index is -0.145. The first-order chi connectivity index (χ1) is 12.1. The van der Waals surface area contributed by atoms with E-state index in [4.69, 9.17) is 4.52 Å². The topological polar surface area (TPSA) is 68.0 Å². The van der Waals surface area contributed by atoms with Crippen LogP contribution in [0.5, 0.6) is 0 Å². The van der Waals surface area contributed by atoms with Crippen molar-refractivity contribution in [1.29, 1.82) is 0 Å². The quantitative estimate of drug-likeness (QED) is 0.750. The zero-order valence-electron chi connectivity index (χ0n) is 14.3. The van der Waals surface area contributed by atoms with Crippen LogP contribution in [0.25, 0.3) is 11.5 Å². The first kappa shape index (κ1) is 16.0. The zero-order valence-corrected chi connectivity index (χ0v) is 15.1. The van der Waals surface area contributed by atoms with Gasteiger partial charge in [-0.05, 0) is 62.8 Å². The zero-order chi connectivity index (χ0) is 17.4. The van der Waals surface area contributed by atoms with Crippen molar-refractivity contribution in [3.05, 3.63) is 51.7 Å². The van der Waals surface area contributed by atoms with Gasteiger partial charge in [0.05, 0.1) is 16.1 Å². The van der Waals surface area contributed by atoms with Gasteiger partial charge in [-0.3, -0.25) is 4.79 Å². The van der Waals surface area contributed by atoms with Gasteiger partial charge in [0.2, 0.25) is 0 Å². The van der Waals surface area contributed by atoms with Gasteiger partial charge >= 0.3 is 0 Å². The fourth-order valence-corrected chi connectivity index (χ4v) is 4.58. The lowest BCUT2D eigenvalue weighted by Gasteiger charge is -2.10. The molecule has 0 unspecified atom stereocenters. The van der Waals surface area contributed by atoms with Crippen molar-refractivity contribution in [2.45, 2.75) is 39.5 Å². The molecule has 6 heteroatoms. The van der Waals surface area contributed by atoms with Crippen LogP contribution < -0.4 is 5.32 Å². The maximum Gasteiger partial charge on any atom is 0.258 e. The molecule has 0 spiro atoms. The highest BCUT2D eigenvalue weighted by atomic mass is 32.1. The predicted octanol–water partition coefficient (Wildman–Crippen LogP) is 4.55. The summed E-state index contributed by atoms with van der Waals surface area (Å²) in [6.07, 6.45) is 4.71. The first-order valence-corrected chi connectivity index (χ1v) is 9.27. The molecule has 0 bridgehead atoms. The van der Waals surface area contributed by atoms with Gasteiger partial charge in [0.15, 0.2) is 5.82 Å². The number of thiophene rings is 1. The number of nitrogens with zero attached hydrogens (tertiary/aromatic N) is 2. The molecule has 1 amide bonds. The predicted molar refractivity (Wildman–Crippen MR) is 98.1 cm³/mol. The third-order valence-corrected chi connectivity index (χ3v) is 5.90. The molecule has 0 atom stereocenters. The molecule has 3 aromatic rings. The second kappa shape index (κ2) is 6.44. The average Bonchev–Trinajstić information content (AvgIpc) is 3.19. The van der Waals surface area contributed by atoms with Crippen molar-refractivity contribution in [1.82, 2.24) is 10.1 Å². The van der Waals surface area contributed by atoms with Crippen LogP contribution in [0.15, 0.2) is 28.8 Å². The number of nitrogens with one attached hydrogen (secondary N) is 1. The number of carbonyl (C=O) groups excluding carboxylic acids is 1. The molecule has 1 aliphatic rings. The van der Waals surface area contributed by atoms with E-state index in [0.717, 1.165) is 17.8 Å². The number of rotatable bonds is 3. The van der Waals surface area contributed by atoms with Gasteiger partial charge in [-0.25, -0.2) is 0 Å². The van der Waals surface area contributed by atoms with Crippen LogP contribution in [0.4, 0.5) is 5.00 Å². The Kier molecular flexibility index (Phi) is 4.13. The number of aryl methyl sites for hydroxylation is 2. The molecule has 0 fully saturated rings. The largest absolute Gasteiger partial charge is 0.334 e. The minimum absolute atomic E-state index is 0.145. The number of fused-ring (bicyclic) bond motifs is 1. The molecule has 2 heterocycles. The normalized spacial score (nSPS) is 13.5. The Hall–Kier alpha value is -2.47. The van der Waals surface area contributed by atoms with E-state index in [1.165, 1.54) is 28.8 Å². The van der Waals surface area contributed by atoms with Crippen LogP contribution in [-0.4, -0.2) is 16.0 Å². The molecule has 4 rings (SSSR count). The summed E-state index contributed by atoms with van der Waals surface area (Å²) in [5, 5.41) is 7.86. The SMILES string of the molecule is Cc1noc(-c2ccccc2C(=O)Nc2sc3c(c2C)CCCC3)n1. The molecule has 25 heavy (non-hydrogen) atoms. The fraction of sp³-hybridized carbons (Fsp3) is 0.316. The highest BCUT2D eigenvalue weighted by Crippen LogP contribution is 2.37. The van der Waals surface area contributed by atoms with Crippen molar-refractivity contribution in [3.8, 4) is 11.5 Å². The summed E-state index contributed by atoms with van der Waals surface area (Å²) < 4.78 is 5.24. The van der Waals surface area contributed by atoms with Crippen molar-refractivity contribution in [3.63, 3.8) is 0 Å². The van der Waals surface area contributed by atoms with Gasteiger partial charge in [-0.2, -0.15) is 4.98 Å². The molecule has 1 aliphatic carbocycles. The summed E-state index contributed by atoms with van der Waals surface area (Å²) in [6.45, 7) is 3.86. The van der Waals surface area contributed by atoms with E-state index in [9.17, 15) is 4.79 Å². The van der Waals surface area contributed by atoms with Gasteiger partial charge < -0.3 is 9.84 Å². The number of hydrogen-bond acceptors (Lipinski definition) is 5. The molecule has 5 nitrogen and oxygen atoms in total. The Bertz CT molecular complexity index is 942. The Labute approximate surface area is 150 Å². The van der Waals surface area contributed by atoms with Gasteiger partial charge in [0.1, 0.15) is 0 Å². The fourth-order valence-electron chi connectivity index (χ4n) is 3.29. The highest BCUT2D eigenvalue weighted by Gasteiger charge is 2.21. The molecule has 0 saturated heterocycles. The van der Waals surface area contributed by atoms with E-state index in [-0.39, 0.29) is 5.91 Å². The van der Waals surface area contributed by atoms with Gasteiger partial charge in [0, 0.05) is 4.88 Å². The van der Waals surface area contributed by atoms with E-state index in [1.807, 2.05) is 18.2 Å². The molecule has 0 saturated carbocycles. The van der Waals surface area contributed by atoms with Crippen molar-refractivity contribution < 1.29 is 9.32 Å². The van der Waals surface area contributed by atoms with Crippen molar-refractivity contribution >= 4 is 22.2 Å². The Morgan fingerprint density at radius 2 is 2.00 bits per heavy atom. The van der Waals surface area contributed by atoms with Crippen LogP contribution in [0, 0.1) is 13.8 Å². The molecule has 0 radical (unpaired) electrons. The summed E-state index contributed by atoms with van der Waals surface area (Å²) in [5.74, 6) is 0.769. The third-order valence-electron chi connectivity index (χ3n) is 4.59. The molecule has 2 aromatic heterocycles. The lowest BCUT2D eigenvalue weighted by atomic mass is 9.96. The molecule has 128 valence electrons. The summed E-state index contributed by atoms with van der Waals surface area (Å²) in [6, 6.07) is 7.32. The number of carbonyl (C=O) groups is 1. The summed E-state index contributed by atoms with van der Waals surface area (Å²) in [7, 11) is 0. The number of anilines is 1. The van der Waals surface area contributed by atoms with Crippen LogP contribution in [0.3, 0.4) is 0 Å². The maximum absolute atomic E-state index is 12.9. The van der Waals surface area contributed by atoms with Crippen LogP contribution in [0.2, 0.25) is 0 Å². The van der Waals surface area contributed by atoms with E-state index >= 15 is 0 Å². The number of hydrogen-bond donors (Lipinski definition) is 1. The third kappa shape index (κ3) is 2.98.